The third kappa shape index (κ3) is 4.29. The minimum Gasteiger partial charge on any atom is -0.250 e. The lowest BCUT2D eigenvalue weighted by atomic mass is 10.2. The lowest BCUT2D eigenvalue weighted by molar-refractivity contribution is 0.539. The van der Waals surface area contributed by atoms with E-state index in [1.54, 1.807) is 0 Å². The maximum absolute atomic E-state index is 5.58. The summed E-state index contributed by atoms with van der Waals surface area (Å²) in [5.41, 5.74) is 0. The molecule has 0 aliphatic rings. The van der Waals surface area contributed by atoms with Gasteiger partial charge in [0.1, 0.15) is 11.6 Å². The predicted molar refractivity (Wildman–Crippen MR) is 61.3 cm³/mol. The van der Waals surface area contributed by atoms with Crippen LogP contribution >= 0.6 is 24.0 Å². The van der Waals surface area contributed by atoms with Crippen LogP contribution in [0.3, 0.4) is 0 Å². The molecule has 82 valence electrons. The van der Waals surface area contributed by atoms with Gasteiger partial charge in [0.15, 0.2) is 0 Å². The molecule has 0 bridgehead atoms. The van der Waals surface area contributed by atoms with Crippen LogP contribution < -0.4 is 0 Å². The van der Waals surface area contributed by atoms with E-state index in [9.17, 15) is 0 Å². The maximum Gasteiger partial charge on any atom is 0.147 e. The van der Waals surface area contributed by atoms with E-state index in [2.05, 4.69) is 10.1 Å². The fraction of sp³-hybridized carbons (Fsp3) is 0.778. The molecule has 1 heterocycles. The van der Waals surface area contributed by atoms with Crippen molar-refractivity contribution in [2.24, 2.45) is 0 Å². The first-order chi connectivity index (χ1) is 6.24. The van der Waals surface area contributed by atoms with Crippen molar-refractivity contribution < 1.29 is 0 Å². The van der Waals surface area contributed by atoms with Crippen molar-refractivity contribution in [3.63, 3.8) is 0 Å². The SMILES string of the molecule is Cc1nc(C)n(CCCCCCl)n1.Cl. The summed E-state index contributed by atoms with van der Waals surface area (Å²) < 4.78 is 1.96. The van der Waals surface area contributed by atoms with Crippen molar-refractivity contribution in [1.82, 2.24) is 14.8 Å². The highest BCUT2D eigenvalue weighted by Crippen LogP contribution is 2.02. The van der Waals surface area contributed by atoms with Gasteiger partial charge in [-0.1, -0.05) is 6.42 Å². The lowest BCUT2D eigenvalue weighted by Gasteiger charge is -2.01. The van der Waals surface area contributed by atoms with E-state index in [0.29, 0.717) is 0 Å². The minimum atomic E-state index is 0. The average Bonchev–Trinajstić information content (AvgIpc) is 2.39. The number of aromatic nitrogens is 3. The molecule has 0 saturated carbocycles. The second-order valence-electron chi connectivity index (χ2n) is 3.18. The molecule has 0 spiro atoms. The molecule has 0 aliphatic heterocycles. The number of unbranched alkanes of at least 4 members (excludes halogenated alkanes) is 2. The second kappa shape index (κ2) is 7.07. The topological polar surface area (TPSA) is 30.7 Å². The van der Waals surface area contributed by atoms with Crippen molar-refractivity contribution in [1.29, 1.82) is 0 Å². The summed E-state index contributed by atoms with van der Waals surface area (Å²) >= 11 is 5.58. The highest BCUT2D eigenvalue weighted by molar-refractivity contribution is 6.17. The van der Waals surface area contributed by atoms with Gasteiger partial charge in [-0.3, -0.25) is 4.68 Å². The Morgan fingerprint density at radius 2 is 1.93 bits per heavy atom. The molecule has 0 aliphatic carbocycles. The second-order valence-corrected chi connectivity index (χ2v) is 3.56. The van der Waals surface area contributed by atoms with Gasteiger partial charge in [-0.2, -0.15) is 5.10 Å². The molecule has 0 fully saturated rings. The smallest absolute Gasteiger partial charge is 0.147 e. The van der Waals surface area contributed by atoms with Crippen LogP contribution in [0.2, 0.25) is 0 Å². The zero-order valence-corrected chi connectivity index (χ0v) is 10.2. The molecule has 5 heteroatoms. The van der Waals surface area contributed by atoms with Crippen LogP contribution in [0.4, 0.5) is 0 Å². The van der Waals surface area contributed by atoms with E-state index in [0.717, 1.165) is 36.9 Å². The fourth-order valence-electron chi connectivity index (χ4n) is 1.31. The number of rotatable bonds is 5. The van der Waals surface area contributed by atoms with Crippen molar-refractivity contribution in [2.75, 3.05) is 5.88 Å². The van der Waals surface area contributed by atoms with Crippen LogP contribution in [-0.2, 0) is 6.54 Å². The van der Waals surface area contributed by atoms with E-state index in [4.69, 9.17) is 11.6 Å². The average molecular weight is 238 g/mol. The van der Waals surface area contributed by atoms with Gasteiger partial charge < -0.3 is 0 Å². The van der Waals surface area contributed by atoms with Crippen LogP contribution in [-0.4, -0.2) is 20.6 Å². The molecular weight excluding hydrogens is 221 g/mol. The van der Waals surface area contributed by atoms with Gasteiger partial charge >= 0.3 is 0 Å². The summed E-state index contributed by atoms with van der Waals surface area (Å²) in [5, 5.41) is 4.28. The number of halogens is 2. The Morgan fingerprint density at radius 1 is 1.21 bits per heavy atom. The molecule has 0 atom stereocenters. The van der Waals surface area contributed by atoms with Gasteiger partial charge in [0, 0.05) is 12.4 Å². The summed E-state index contributed by atoms with van der Waals surface area (Å²) in [6.45, 7) is 4.87. The normalized spacial score (nSPS) is 9.93. The van der Waals surface area contributed by atoms with Crippen LogP contribution in [0.5, 0.6) is 0 Å². The number of alkyl halides is 1. The fourth-order valence-corrected chi connectivity index (χ4v) is 1.49. The molecule has 14 heavy (non-hydrogen) atoms. The molecule has 1 aromatic heterocycles. The molecule has 1 rings (SSSR count). The van der Waals surface area contributed by atoms with Crippen molar-refractivity contribution in [2.45, 2.75) is 39.7 Å². The third-order valence-electron chi connectivity index (χ3n) is 1.97. The third-order valence-corrected chi connectivity index (χ3v) is 2.23. The first kappa shape index (κ1) is 13.7. The molecule has 0 N–H and O–H groups in total. The van der Waals surface area contributed by atoms with Gasteiger partial charge in [-0.25, -0.2) is 4.98 Å². The Labute approximate surface area is 96.3 Å². The highest BCUT2D eigenvalue weighted by Gasteiger charge is 2.00. The van der Waals surface area contributed by atoms with E-state index < -0.39 is 0 Å². The van der Waals surface area contributed by atoms with E-state index in [-0.39, 0.29) is 12.4 Å². The van der Waals surface area contributed by atoms with E-state index in [1.165, 1.54) is 6.42 Å². The Kier molecular flexibility index (Phi) is 6.93. The van der Waals surface area contributed by atoms with E-state index in [1.807, 2.05) is 18.5 Å². The molecule has 3 nitrogen and oxygen atoms in total. The number of hydrogen-bond acceptors (Lipinski definition) is 2. The largest absolute Gasteiger partial charge is 0.250 e. The van der Waals surface area contributed by atoms with Gasteiger partial charge in [0.05, 0.1) is 0 Å². The molecular formula is C9H17Cl2N3. The first-order valence-corrected chi connectivity index (χ1v) is 5.21. The molecule has 0 aromatic carbocycles. The Bertz CT molecular complexity index is 261. The predicted octanol–water partition coefficient (Wildman–Crippen LogP) is 2.73. The Hall–Kier alpha value is -0.280. The Balaban J connectivity index is 0.00000169. The van der Waals surface area contributed by atoms with Gasteiger partial charge in [0.2, 0.25) is 0 Å². The number of hydrogen-bond donors (Lipinski definition) is 0. The monoisotopic (exact) mass is 237 g/mol. The summed E-state index contributed by atoms with van der Waals surface area (Å²) in [4.78, 5) is 4.24. The maximum atomic E-state index is 5.58. The number of aryl methyl sites for hydroxylation is 3. The summed E-state index contributed by atoms with van der Waals surface area (Å²) in [6.07, 6.45) is 3.40. The zero-order chi connectivity index (χ0) is 9.68. The summed E-state index contributed by atoms with van der Waals surface area (Å²) in [7, 11) is 0. The molecule has 0 radical (unpaired) electrons. The summed E-state index contributed by atoms with van der Waals surface area (Å²) in [6, 6.07) is 0. The molecule has 0 unspecified atom stereocenters. The van der Waals surface area contributed by atoms with Crippen molar-refractivity contribution >= 4 is 24.0 Å². The molecule has 0 saturated heterocycles. The molecule has 1 aromatic rings. The summed E-state index contributed by atoms with van der Waals surface area (Å²) in [5.74, 6) is 2.62. The minimum absolute atomic E-state index is 0. The highest BCUT2D eigenvalue weighted by atomic mass is 35.5. The van der Waals surface area contributed by atoms with Crippen LogP contribution in [0.15, 0.2) is 0 Å². The quantitative estimate of drug-likeness (QED) is 0.583. The lowest BCUT2D eigenvalue weighted by Crippen LogP contribution is -2.02. The van der Waals surface area contributed by atoms with Gasteiger partial charge in [-0.05, 0) is 26.7 Å². The number of nitrogens with zero attached hydrogens (tertiary/aromatic N) is 3. The van der Waals surface area contributed by atoms with Crippen LogP contribution in [0.25, 0.3) is 0 Å². The first-order valence-electron chi connectivity index (χ1n) is 4.68. The van der Waals surface area contributed by atoms with Crippen LogP contribution in [0.1, 0.15) is 30.9 Å². The standard InChI is InChI=1S/C9H16ClN3.ClH/c1-8-11-9(2)13(12-8)7-5-3-4-6-10;/h3-7H2,1-2H3;1H. The molecule has 0 amide bonds. The van der Waals surface area contributed by atoms with Gasteiger partial charge in [0.25, 0.3) is 0 Å². The van der Waals surface area contributed by atoms with Crippen molar-refractivity contribution in [3.8, 4) is 0 Å². The zero-order valence-electron chi connectivity index (χ0n) is 8.66. The van der Waals surface area contributed by atoms with Crippen LogP contribution in [0, 0.1) is 13.8 Å². The Morgan fingerprint density at radius 3 is 2.43 bits per heavy atom. The van der Waals surface area contributed by atoms with Crippen molar-refractivity contribution in [3.05, 3.63) is 11.6 Å². The van der Waals surface area contributed by atoms with E-state index >= 15 is 0 Å². The van der Waals surface area contributed by atoms with Gasteiger partial charge in [-0.15, -0.1) is 24.0 Å².